The van der Waals surface area contributed by atoms with Crippen LogP contribution < -0.4 is 4.72 Å². The van der Waals surface area contributed by atoms with Crippen LogP contribution in [0.25, 0.3) is 0 Å². The number of hydrogen-bond donors (Lipinski definition) is 1. The Morgan fingerprint density at radius 1 is 1.48 bits per heavy atom. The van der Waals surface area contributed by atoms with Crippen molar-refractivity contribution in [3.05, 3.63) is 45.7 Å². The number of aromatic nitrogens is 1. The second kappa shape index (κ2) is 6.30. The minimum Gasteiger partial charge on any atom is -0.247 e. The van der Waals surface area contributed by atoms with Crippen LogP contribution in [0, 0.1) is 24.1 Å². The normalized spacial score (nSPS) is 11.3. The highest BCUT2D eigenvalue weighted by Gasteiger charge is 2.16. The molecule has 0 atom stereocenters. The van der Waals surface area contributed by atoms with E-state index < -0.39 is 15.8 Å². The summed E-state index contributed by atoms with van der Waals surface area (Å²) in [6.07, 6.45) is 0.476. The average molecular weight is 325 g/mol. The van der Waals surface area contributed by atoms with E-state index in [9.17, 15) is 12.8 Å². The molecule has 0 spiro atoms. The molecule has 1 heterocycles. The molecule has 110 valence electrons. The van der Waals surface area contributed by atoms with Crippen LogP contribution in [0.15, 0.2) is 28.5 Å². The highest BCUT2D eigenvalue weighted by Crippen LogP contribution is 2.14. The van der Waals surface area contributed by atoms with Gasteiger partial charge in [0.05, 0.1) is 15.5 Å². The summed E-state index contributed by atoms with van der Waals surface area (Å²) in [5, 5.41) is 11.5. The van der Waals surface area contributed by atoms with E-state index in [1.54, 1.807) is 6.07 Å². The fraction of sp³-hybridized carbons (Fsp3) is 0.231. The number of rotatable bonds is 5. The lowest BCUT2D eigenvalue weighted by Gasteiger charge is -2.06. The predicted molar refractivity (Wildman–Crippen MR) is 76.9 cm³/mol. The van der Waals surface area contributed by atoms with Crippen molar-refractivity contribution in [3.63, 3.8) is 0 Å². The van der Waals surface area contributed by atoms with E-state index in [-0.39, 0.29) is 17.0 Å². The van der Waals surface area contributed by atoms with Gasteiger partial charge in [0, 0.05) is 24.0 Å². The minimum atomic E-state index is -3.76. The zero-order valence-electron chi connectivity index (χ0n) is 11.1. The zero-order chi connectivity index (χ0) is 15.5. The fourth-order valence-electron chi connectivity index (χ4n) is 1.65. The van der Waals surface area contributed by atoms with Crippen molar-refractivity contribution in [3.8, 4) is 6.07 Å². The predicted octanol–water partition coefficient (Wildman–Crippen LogP) is 1.98. The lowest BCUT2D eigenvalue weighted by Crippen LogP contribution is -2.26. The van der Waals surface area contributed by atoms with Gasteiger partial charge >= 0.3 is 0 Å². The molecule has 1 aromatic heterocycles. The lowest BCUT2D eigenvalue weighted by atomic mass is 10.2. The molecule has 21 heavy (non-hydrogen) atoms. The average Bonchev–Trinajstić information content (AvgIpc) is 2.84. The fourth-order valence-corrected chi connectivity index (χ4v) is 3.48. The van der Waals surface area contributed by atoms with Crippen molar-refractivity contribution in [1.82, 2.24) is 9.71 Å². The summed E-state index contributed by atoms with van der Waals surface area (Å²) in [5.41, 5.74) is 0.600. The molecule has 0 fully saturated rings. The Labute approximate surface area is 126 Å². The first kappa shape index (κ1) is 15.6. The van der Waals surface area contributed by atoms with Gasteiger partial charge in [0.25, 0.3) is 0 Å². The Bertz CT molecular complexity index is 794. The van der Waals surface area contributed by atoms with E-state index in [2.05, 4.69) is 9.71 Å². The standard InChI is InChI=1S/C13H12FN3O2S2/c1-9-8-20-13(17-9)4-5-16-21(18,19)11-2-3-12(14)10(6-11)7-15/h2-3,6,8,16H,4-5H2,1H3. The SMILES string of the molecule is Cc1csc(CCNS(=O)(=O)c2ccc(F)c(C#N)c2)n1. The molecule has 0 saturated heterocycles. The van der Waals surface area contributed by atoms with Gasteiger partial charge in [-0.15, -0.1) is 11.3 Å². The number of nitrogens with zero attached hydrogens (tertiary/aromatic N) is 2. The molecule has 0 saturated carbocycles. The van der Waals surface area contributed by atoms with E-state index in [1.807, 2.05) is 12.3 Å². The van der Waals surface area contributed by atoms with E-state index in [1.165, 1.54) is 11.3 Å². The quantitative estimate of drug-likeness (QED) is 0.911. The highest BCUT2D eigenvalue weighted by molar-refractivity contribution is 7.89. The molecule has 0 aliphatic carbocycles. The van der Waals surface area contributed by atoms with Gasteiger partial charge in [-0.2, -0.15) is 5.26 Å². The monoisotopic (exact) mass is 325 g/mol. The molecule has 0 unspecified atom stereocenters. The number of aryl methyl sites for hydroxylation is 1. The molecule has 0 aliphatic rings. The third-order valence-corrected chi connectivity index (χ3v) is 5.15. The number of nitriles is 1. The van der Waals surface area contributed by atoms with E-state index in [4.69, 9.17) is 5.26 Å². The molecule has 8 heteroatoms. The van der Waals surface area contributed by atoms with E-state index in [0.717, 1.165) is 28.9 Å². The van der Waals surface area contributed by atoms with Gasteiger partial charge in [0.2, 0.25) is 10.0 Å². The minimum absolute atomic E-state index is 0.129. The van der Waals surface area contributed by atoms with Crippen LogP contribution in [0.5, 0.6) is 0 Å². The van der Waals surface area contributed by atoms with E-state index in [0.29, 0.717) is 6.42 Å². The third-order valence-electron chi connectivity index (χ3n) is 2.67. The van der Waals surface area contributed by atoms with Crippen LogP contribution in [0.1, 0.15) is 16.3 Å². The molecule has 5 nitrogen and oxygen atoms in total. The van der Waals surface area contributed by atoms with Crippen LogP contribution in [-0.4, -0.2) is 19.9 Å². The van der Waals surface area contributed by atoms with Gasteiger partial charge < -0.3 is 0 Å². The van der Waals surface area contributed by atoms with Crippen molar-refractivity contribution in [2.45, 2.75) is 18.2 Å². The summed E-state index contributed by atoms with van der Waals surface area (Å²) in [5.74, 6) is -0.741. The number of hydrogen-bond acceptors (Lipinski definition) is 5. The first-order valence-electron chi connectivity index (χ1n) is 6.03. The Hall–Kier alpha value is -1.82. The summed E-state index contributed by atoms with van der Waals surface area (Å²) < 4.78 is 39.7. The number of nitrogens with one attached hydrogen (secondary N) is 1. The maximum Gasteiger partial charge on any atom is 0.240 e. The van der Waals surface area contributed by atoms with Crippen LogP contribution >= 0.6 is 11.3 Å². The second-order valence-electron chi connectivity index (χ2n) is 4.28. The van der Waals surface area contributed by atoms with E-state index >= 15 is 0 Å². The maximum atomic E-state index is 13.2. The van der Waals surface area contributed by atoms with Gasteiger partial charge in [-0.05, 0) is 25.1 Å². The van der Waals surface area contributed by atoms with Crippen LogP contribution in [-0.2, 0) is 16.4 Å². The van der Waals surface area contributed by atoms with Gasteiger partial charge in [0.1, 0.15) is 11.9 Å². The smallest absolute Gasteiger partial charge is 0.240 e. The molecule has 1 N–H and O–H groups in total. The summed E-state index contributed by atoms with van der Waals surface area (Å²) >= 11 is 1.47. The topological polar surface area (TPSA) is 82.9 Å². The largest absolute Gasteiger partial charge is 0.247 e. The summed E-state index contributed by atoms with van der Waals surface area (Å²) in [6, 6.07) is 4.74. The Kier molecular flexibility index (Phi) is 4.67. The Morgan fingerprint density at radius 2 is 2.24 bits per heavy atom. The van der Waals surface area contributed by atoms with Gasteiger partial charge in [-0.25, -0.2) is 22.5 Å². The third kappa shape index (κ3) is 3.85. The molecule has 2 aromatic rings. The Balaban J connectivity index is 2.06. The maximum absolute atomic E-state index is 13.2. The summed E-state index contributed by atoms with van der Waals surface area (Å²) in [6.45, 7) is 2.06. The molecular formula is C13H12FN3O2S2. The zero-order valence-corrected chi connectivity index (χ0v) is 12.8. The highest BCUT2D eigenvalue weighted by atomic mass is 32.2. The number of sulfonamides is 1. The first-order chi connectivity index (χ1) is 9.92. The molecule has 2 rings (SSSR count). The molecule has 0 radical (unpaired) electrons. The molecular weight excluding hydrogens is 313 g/mol. The van der Waals surface area contributed by atoms with Crippen LogP contribution in [0.4, 0.5) is 4.39 Å². The first-order valence-corrected chi connectivity index (χ1v) is 8.39. The van der Waals surface area contributed by atoms with Crippen LogP contribution in [0.3, 0.4) is 0 Å². The van der Waals surface area contributed by atoms with Crippen molar-refractivity contribution in [1.29, 1.82) is 5.26 Å². The lowest BCUT2D eigenvalue weighted by molar-refractivity contribution is 0.580. The molecule has 1 aromatic carbocycles. The van der Waals surface area contributed by atoms with Crippen molar-refractivity contribution in [2.75, 3.05) is 6.54 Å². The molecule has 0 bridgehead atoms. The summed E-state index contributed by atoms with van der Waals surface area (Å²) in [4.78, 5) is 4.10. The Morgan fingerprint density at radius 3 is 2.86 bits per heavy atom. The van der Waals surface area contributed by atoms with Crippen LogP contribution in [0.2, 0.25) is 0 Å². The molecule has 0 amide bonds. The number of benzene rings is 1. The number of thiazole rings is 1. The molecule has 0 aliphatic heterocycles. The van der Waals surface area contributed by atoms with Gasteiger partial charge in [-0.1, -0.05) is 0 Å². The van der Waals surface area contributed by atoms with Gasteiger partial charge in [-0.3, -0.25) is 0 Å². The van der Waals surface area contributed by atoms with Crippen molar-refractivity contribution >= 4 is 21.4 Å². The van der Waals surface area contributed by atoms with Gasteiger partial charge in [0.15, 0.2) is 0 Å². The van der Waals surface area contributed by atoms with Crippen molar-refractivity contribution in [2.24, 2.45) is 0 Å². The number of halogens is 1. The van der Waals surface area contributed by atoms with Crippen molar-refractivity contribution < 1.29 is 12.8 Å². The second-order valence-corrected chi connectivity index (χ2v) is 6.99. The summed E-state index contributed by atoms with van der Waals surface area (Å²) in [7, 11) is -3.76.